The van der Waals surface area contributed by atoms with Crippen molar-refractivity contribution in [1.29, 1.82) is 0 Å². The van der Waals surface area contributed by atoms with Crippen LogP contribution < -0.4 is 5.32 Å². The highest BCUT2D eigenvalue weighted by Gasteiger charge is 2.07. The summed E-state index contributed by atoms with van der Waals surface area (Å²) in [6.07, 6.45) is 3.15. The Bertz CT molecular complexity index is 574. The summed E-state index contributed by atoms with van der Waals surface area (Å²) >= 11 is 5.79. The number of amides is 1. The molecule has 0 bridgehead atoms. The van der Waals surface area contributed by atoms with Gasteiger partial charge in [-0.3, -0.25) is 9.78 Å². The summed E-state index contributed by atoms with van der Waals surface area (Å²) in [5, 5.41) is 3.20. The van der Waals surface area contributed by atoms with Crippen LogP contribution in [-0.2, 0) is 6.54 Å². The third-order valence-corrected chi connectivity index (χ3v) is 2.45. The van der Waals surface area contributed by atoms with Crippen LogP contribution in [0.3, 0.4) is 0 Å². The molecule has 2 aromatic rings. The number of hydrogen-bond acceptors (Lipinski definition) is 4. The minimum absolute atomic E-state index is 0.284. The van der Waals surface area contributed by atoms with Crippen molar-refractivity contribution in [2.24, 2.45) is 0 Å². The summed E-state index contributed by atoms with van der Waals surface area (Å²) in [5.74, 6) is 0.386. The molecule has 0 aliphatic heterocycles. The molecule has 0 atom stereocenters. The number of hydrogen-bond donors (Lipinski definition) is 1. The van der Waals surface area contributed by atoms with Crippen LogP contribution in [-0.4, -0.2) is 20.9 Å². The molecule has 5 nitrogen and oxygen atoms in total. The maximum Gasteiger partial charge on any atom is 0.270 e. The predicted molar refractivity (Wildman–Crippen MR) is 67.2 cm³/mol. The highest BCUT2D eigenvalue weighted by atomic mass is 35.5. The molecular weight excluding hydrogens is 252 g/mol. The highest BCUT2D eigenvalue weighted by molar-refractivity contribution is 6.30. The van der Waals surface area contributed by atoms with E-state index in [0.29, 0.717) is 17.4 Å². The van der Waals surface area contributed by atoms with Gasteiger partial charge < -0.3 is 5.32 Å². The molecular formula is C12H11ClN4O. The van der Waals surface area contributed by atoms with Crippen LogP contribution in [0.5, 0.6) is 0 Å². The molecule has 1 amide bonds. The van der Waals surface area contributed by atoms with E-state index in [1.54, 1.807) is 25.3 Å². The van der Waals surface area contributed by atoms with E-state index >= 15 is 0 Å². The van der Waals surface area contributed by atoms with Gasteiger partial charge in [-0.2, -0.15) is 0 Å². The average Bonchev–Trinajstić information content (AvgIpc) is 2.36. The lowest BCUT2D eigenvalue weighted by Gasteiger charge is -2.04. The van der Waals surface area contributed by atoms with Gasteiger partial charge in [-0.05, 0) is 25.1 Å². The fourth-order valence-electron chi connectivity index (χ4n) is 1.39. The normalized spacial score (nSPS) is 10.1. The van der Waals surface area contributed by atoms with E-state index in [2.05, 4.69) is 20.3 Å². The first-order valence-corrected chi connectivity index (χ1v) is 5.71. The zero-order valence-electron chi connectivity index (χ0n) is 9.72. The second-order valence-electron chi connectivity index (χ2n) is 3.64. The second-order valence-corrected chi connectivity index (χ2v) is 4.07. The first-order chi connectivity index (χ1) is 8.65. The van der Waals surface area contributed by atoms with Gasteiger partial charge in [0.2, 0.25) is 0 Å². The molecule has 0 unspecified atom stereocenters. The molecule has 18 heavy (non-hydrogen) atoms. The topological polar surface area (TPSA) is 67.8 Å². The minimum Gasteiger partial charge on any atom is -0.345 e. The summed E-state index contributed by atoms with van der Waals surface area (Å²) in [4.78, 5) is 23.9. The number of rotatable bonds is 3. The van der Waals surface area contributed by atoms with Gasteiger partial charge in [0.25, 0.3) is 5.91 Å². The van der Waals surface area contributed by atoms with Crippen molar-refractivity contribution < 1.29 is 4.79 Å². The summed E-state index contributed by atoms with van der Waals surface area (Å²) in [6, 6.07) is 4.88. The van der Waals surface area contributed by atoms with E-state index in [1.165, 1.54) is 12.3 Å². The Labute approximate surface area is 109 Å². The third kappa shape index (κ3) is 3.24. The Balaban J connectivity index is 2.00. The van der Waals surface area contributed by atoms with E-state index in [9.17, 15) is 4.79 Å². The van der Waals surface area contributed by atoms with Crippen molar-refractivity contribution >= 4 is 17.5 Å². The molecule has 0 saturated heterocycles. The van der Waals surface area contributed by atoms with Crippen molar-refractivity contribution in [2.75, 3.05) is 0 Å². The molecule has 6 heteroatoms. The summed E-state index contributed by atoms with van der Waals surface area (Å²) < 4.78 is 0. The maximum atomic E-state index is 11.8. The molecule has 0 aliphatic rings. The van der Waals surface area contributed by atoms with Crippen LogP contribution in [0.15, 0.2) is 30.6 Å². The zero-order chi connectivity index (χ0) is 13.0. The summed E-state index contributed by atoms with van der Waals surface area (Å²) in [6.45, 7) is 2.13. The van der Waals surface area contributed by atoms with Gasteiger partial charge in [0.05, 0.1) is 12.2 Å². The molecule has 2 heterocycles. The van der Waals surface area contributed by atoms with Gasteiger partial charge in [0.1, 0.15) is 11.5 Å². The predicted octanol–water partition coefficient (Wildman–Crippen LogP) is 1.76. The first-order valence-electron chi connectivity index (χ1n) is 5.33. The lowest BCUT2D eigenvalue weighted by molar-refractivity contribution is 0.0945. The highest BCUT2D eigenvalue weighted by Crippen LogP contribution is 2.07. The standard InChI is InChI=1S/C12H11ClN4O/c1-8-14-5-3-10(17-8)7-16-12(18)11-6-9(13)2-4-15-11/h2-6H,7H2,1H3,(H,16,18). The number of nitrogens with one attached hydrogen (secondary N) is 1. The molecule has 0 aromatic carbocycles. The van der Waals surface area contributed by atoms with Crippen LogP contribution in [0.4, 0.5) is 0 Å². The summed E-state index contributed by atoms with van der Waals surface area (Å²) in [7, 11) is 0. The van der Waals surface area contributed by atoms with Crippen molar-refractivity contribution in [1.82, 2.24) is 20.3 Å². The van der Waals surface area contributed by atoms with Crippen LogP contribution in [0.1, 0.15) is 22.0 Å². The Morgan fingerprint density at radius 3 is 2.83 bits per heavy atom. The number of pyridine rings is 1. The van der Waals surface area contributed by atoms with Crippen LogP contribution in [0.2, 0.25) is 5.02 Å². The van der Waals surface area contributed by atoms with Crippen LogP contribution in [0.25, 0.3) is 0 Å². The molecule has 0 radical (unpaired) electrons. The first kappa shape index (κ1) is 12.4. The monoisotopic (exact) mass is 262 g/mol. The molecule has 0 spiro atoms. The van der Waals surface area contributed by atoms with Gasteiger partial charge in [-0.1, -0.05) is 11.6 Å². The Hall–Kier alpha value is -2.01. The Kier molecular flexibility index (Phi) is 3.84. The number of carbonyl (C=O) groups excluding carboxylic acids is 1. The molecule has 0 saturated carbocycles. The third-order valence-electron chi connectivity index (χ3n) is 2.22. The minimum atomic E-state index is -0.284. The number of aromatic nitrogens is 3. The number of halogens is 1. The van der Waals surface area contributed by atoms with Gasteiger partial charge in [-0.15, -0.1) is 0 Å². The lowest BCUT2D eigenvalue weighted by atomic mass is 10.3. The van der Waals surface area contributed by atoms with Crippen molar-refractivity contribution in [3.05, 3.63) is 52.8 Å². The van der Waals surface area contributed by atoms with E-state index in [0.717, 1.165) is 5.69 Å². The summed E-state index contributed by atoms with van der Waals surface area (Å²) in [5.41, 5.74) is 1.03. The van der Waals surface area contributed by atoms with E-state index in [4.69, 9.17) is 11.6 Å². The number of nitrogens with zero attached hydrogens (tertiary/aromatic N) is 3. The fraction of sp³-hybridized carbons (Fsp3) is 0.167. The van der Waals surface area contributed by atoms with Crippen LogP contribution in [0, 0.1) is 6.92 Å². The van der Waals surface area contributed by atoms with E-state index < -0.39 is 0 Å². The smallest absolute Gasteiger partial charge is 0.270 e. The molecule has 92 valence electrons. The Morgan fingerprint density at radius 1 is 1.33 bits per heavy atom. The quantitative estimate of drug-likeness (QED) is 0.915. The van der Waals surface area contributed by atoms with Gasteiger partial charge in [0, 0.05) is 17.4 Å². The van der Waals surface area contributed by atoms with E-state index in [-0.39, 0.29) is 11.6 Å². The van der Waals surface area contributed by atoms with Gasteiger partial charge in [-0.25, -0.2) is 9.97 Å². The molecule has 0 aliphatic carbocycles. The molecule has 1 N–H and O–H groups in total. The van der Waals surface area contributed by atoms with E-state index in [1.807, 2.05) is 0 Å². The SMILES string of the molecule is Cc1nccc(CNC(=O)c2cc(Cl)ccn2)n1. The van der Waals surface area contributed by atoms with Crippen molar-refractivity contribution in [2.45, 2.75) is 13.5 Å². The molecule has 2 rings (SSSR count). The van der Waals surface area contributed by atoms with Gasteiger partial charge in [0.15, 0.2) is 0 Å². The Morgan fingerprint density at radius 2 is 2.11 bits per heavy atom. The zero-order valence-corrected chi connectivity index (χ0v) is 10.5. The lowest BCUT2D eigenvalue weighted by Crippen LogP contribution is -2.24. The molecule has 0 fully saturated rings. The van der Waals surface area contributed by atoms with Crippen LogP contribution >= 0.6 is 11.6 Å². The van der Waals surface area contributed by atoms with Gasteiger partial charge >= 0.3 is 0 Å². The van der Waals surface area contributed by atoms with Crippen molar-refractivity contribution in [3.8, 4) is 0 Å². The average molecular weight is 263 g/mol. The number of aryl methyl sites for hydroxylation is 1. The maximum absolute atomic E-state index is 11.8. The fourth-order valence-corrected chi connectivity index (χ4v) is 1.55. The number of carbonyl (C=O) groups is 1. The largest absolute Gasteiger partial charge is 0.345 e. The second kappa shape index (κ2) is 5.55. The molecule has 2 aromatic heterocycles. The van der Waals surface area contributed by atoms with Crippen molar-refractivity contribution in [3.63, 3.8) is 0 Å².